The first-order chi connectivity index (χ1) is 6.99. The van der Waals surface area contributed by atoms with Crippen LogP contribution in [0.2, 0.25) is 0 Å². The molecular formula is C7H5BrF2N2O3. The lowest BCUT2D eigenvalue weighted by Gasteiger charge is -2.07. The van der Waals surface area contributed by atoms with Crippen molar-refractivity contribution in [2.45, 2.75) is 13.0 Å². The predicted molar refractivity (Wildman–Crippen MR) is 49.5 cm³/mol. The number of aliphatic hydroxyl groups excluding tert-OH is 1. The number of aromatic nitrogens is 1. The summed E-state index contributed by atoms with van der Waals surface area (Å²) in [6, 6.07) is 0. The van der Waals surface area contributed by atoms with Crippen molar-refractivity contribution in [2.75, 3.05) is 0 Å². The Morgan fingerprint density at radius 1 is 1.67 bits per heavy atom. The van der Waals surface area contributed by atoms with Gasteiger partial charge in [0.25, 0.3) is 6.43 Å². The molecule has 1 aromatic rings. The molecule has 8 heteroatoms. The molecule has 0 unspecified atom stereocenters. The van der Waals surface area contributed by atoms with Gasteiger partial charge in [0.05, 0.1) is 17.1 Å². The van der Waals surface area contributed by atoms with Gasteiger partial charge in [-0.3, -0.25) is 10.1 Å². The Balaban J connectivity index is 3.47. The molecule has 1 heterocycles. The summed E-state index contributed by atoms with van der Waals surface area (Å²) in [6.45, 7) is -0.836. The second kappa shape index (κ2) is 4.58. The number of pyridine rings is 1. The molecule has 0 aliphatic carbocycles. The molecule has 82 valence electrons. The van der Waals surface area contributed by atoms with Crippen molar-refractivity contribution in [3.05, 3.63) is 32.0 Å². The third-order valence-electron chi connectivity index (χ3n) is 1.72. The summed E-state index contributed by atoms with van der Waals surface area (Å²) in [6.07, 6.45) is -2.11. The Morgan fingerprint density at radius 3 is 2.67 bits per heavy atom. The highest BCUT2D eigenvalue weighted by Crippen LogP contribution is 2.33. The molecule has 5 nitrogen and oxygen atoms in total. The lowest BCUT2D eigenvalue weighted by molar-refractivity contribution is -0.387. The van der Waals surface area contributed by atoms with Crippen LogP contribution in [0.1, 0.15) is 17.6 Å². The van der Waals surface area contributed by atoms with Gasteiger partial charge in [-0.05, 0) is 15.9 Å². The monoisotopic (exact) mass is 282 g/mol. The fraction of sp³-hybridized carbons (Fsp3) is 0.286. The highest BCUT2D eigenvalue weighted by Gasteiger charge is 2.26. The SMILES string of the molecule is O=[N+]([O-])c1c(Br)ncc(C(F)F)c1CO. The van der Waals surface area contributed by atoms with E-state index in [0.29, 0.717) is 0 Å². The van der Waals surface area contributed by atoms with E-state index in [1.165, 1.54) is 0 Å². The van der Waals surface area contributed by atoms with Crippen molar-refractivity contribution < 1.29 is 18.8 Å². The van der Waals surface area contributed by atoms with Gasteiger partial charge in [0, 0.05) is 11.8 Å². The van der Waals surface area contributed by atoms with Gasteiger partial charge in [0.2, 0.25) is 0 Å². The summed E-state index contributed by atoms with van der Waals surface area (Å²) in [5.74, 6) is 0. The Bertz CT molecular complexity index is 400. The normalized spacial score (nSPS) is 10.7. The van der Waals surface area contributed by atoms with Crippen LogP contribution in [0.5, 0.6) is 0 Å². The number of alkyl halides is 2. The number of hydrogen-bond donors (Lipinski definition) is 1. The minimum atomic E-state index is -2.91. The first kappa shape index (κ1) is 11.9. The van der Waals surface area contributed by atoms with Crippen LogP contribution in [0.3, 0.4) is 0 Å². The molecule has 0 fully saturated rings. The van der Waals surface area contributed by atoms with Crippen LogP contribution in [0.15, 0.2) is 10.8 Å². The second-order valence-corrected chi connectivity index (χ2v) is 3.30. The molecule has 0 saturated carbocycles. The standard InChI is InChI=1S/C7H5BrF2N2O3/c8-6-5(12(14)15)4(2-13)3(1-11-6)7(9)10/h1,7,13H,2H2. The number of halogens is 3. The van der Waals surface area contributed by atoms with Crippen LogP contribution in [-0.2, 0) is 6.61 Å². The molecule has 1 aromatic heterocycles. The van der Waals surface area contributed by atoms with Crippen LogP contribution in [0.25, 0.3) is 0 Å². The summed E-state index contributed by atoms with van der Waals surface area (Å²) in [4.78, 5) is 13.1. The quantitative estimate of drug-likeness (QED) is 0.524. The predicted octanol–water partition coefficient (Wildman–Crippen LogP) is 2.18. The van der Waals surface area contributed by atoms with Gasteiger partial charge in [-0.2, -0.15) is 0 Å². The van der Waals surface area contributed by atoms with Gasteiger partial charge in [-0.15, -0.1) is 0 Å². The van der Waals surface area contributed by atoms with E-state index in [4.69, 9.17) is 5.11 Å². The second-order valence-electron chi connectivity index (χ2n) is 2.55. The molecule has 0 aliphatic rings. The third kappa shape index (κ3) is 2.26. The van der Waals surface area contributed by atoms with Gasteiger partial charge < -0.3 is 5.11 Å². The molecule has 15 heavy (non-hydrogen) atoms. The van der Waals surface area contributed by atoms with E-state index in [0.717, 1.165) is 6.20 Å². The zero-order valence-electron chi connectivity index (χ0n) is 7.15. The maximum atomic E-state index is 12.4. The van der Waals surface area contributed by atoms with Crippen LogP contribution in [0.4, 0.5) is 14.5 Å². The summed E-state index contributed by atoms with van der Waals surface area (Å²) < 4.78 is 24.6. The fourth-order valence-corrected chi connectivity index (χ4v) is 1.55. The summed E-state index contributed by atoms with van der Waals surface area (Å²) in [5, 5.41) is 19.4. The highest BCUT2D eigenvalue weighted by molar-refractivity contribution is 9.10. The Hall–Kier alpha value is -1.15. The minimum absolute atomic E-state index is 0.180. The largest absolute Gasteiger partial charge is 0.391 e. The van der Waals surface area contributed by atoms with Crippen LogP contribution in [-0.4, -0.2) is 15.0 Å². The molecule has 1 N–H and O–H groups in total. The van der Waals surface area contributed by atoms with Crippen molar-refractivity contribution in [1.29, 1.82) is 0 Å². The van der Waals surface area contributed by atoms with Crippen molar-refractivity contribution in [3.63, 3.8) is 0 Å². The Kier molecular flexibility index (Phi) is 3.64. The van der Waals surface area contributed by atoms with E-state index < -0.39 is 34.8 Å². The van der Waals surface area contributed by atoms with E-state index in [2.05, 4.69) is 20.9 Å². The molecule has 0 amide bonds. The van der Waals surface area contributed by atoms with Gasteiger partial charge >= 0.3 is 5.69 Å². The van der Waals surface area contributed by atoms with Crippen molar-refractivity contribution in [1.82, 2.24) is 4.98 Å². The summed E-state index contributed by atoms with van der Waals surface area (Å²) >= 11 is 2.76. The fourth-order valence-electron chi connectivity index (χ4n) is 1.07. The average molecular weight is 283 g/mol. The lowest BCUT2D eigenvalue weighted by atomic mass is 10.1. The van der Waals surface area contributed by atoms with Gasteiger partial charge in [-0.1, -0.05) is 0 Å². The van der Waals surface area contributed by atoms with Crippen LogP contribution in [0, 0.1) is 10.1 Å². The zero-order valence-corrected chi connectivity index (χ0v) is 8.74. The molecular weight excluding hydrogens is 278 g/mol. The summed E-state index contributed by atoms with van der Waals surface area (Å²) in [5.41, 5.74) is -1.68. The molecule has 1 rings (SSSR count). The van der Waals surface area contributed by atoms with E-state index in [1.54, 1.807) is 0 Å². The molecule has 0 radical (unpaired) electrons. The maximum Gasteiger partial charge on any atom is 0.307 e. The van der Waals surface area contributed by atoms with Crippen molar-refractivity contribution in [3.8, 4) is 0 Å². The minimum Gasteiger partial charge on any atom is -0.391 e. The number of aliphatic hydroxyl groups is 1. The topological polar surface area (TPSA) is 76.3 Å². The van der Waals surface area contributed by atoms with Crippen molar-refractivity contribution in [2.24, 2.45) is 0 Å². The first-order valence-electron chi connectivity index (χ1n) is 3.69. The average Bonchev–Trinajstić information content (AvgIpc) is 2.15. The maximum absolute atomic E-state index is 12.4. The molecule has 0 aliphatic heterocycles. The van der Waals surface area contributed by atoms with E-state index in [9.17, 15) is 18.9 Å². The van der Waals surface area contributed by atoms with Gasteiger partial charge in [0.1, 0.15) is 0 Å². The molecule has 0 bridgehead atoms. The van der Waals surface area contributed by atoms with E-state index >= 15 is 0 Å². The lowest BCUT2D eigenvalue weighted by Crippen LogP contribution is -2.03. The van der Waals surface area contributed by atoms with E-state index in [-0.39, 0.29) is 4.60 Å². The smallest absolute Gasteiger partial charge is 0.307 e. The Morgan fingerprint density at radius 2 is 2.27 bits per heavy atom. The first-order valence-corrected chi connectivity index (χ1v) is 4.49. The third-order valence-corrected chi connectivity index (χ3v) is 2.30. The van der Waals surface area contributed by atoms with Crippen molar-refractivity contribution >= 4 is 21.6 Å². The number of hydrogen-bond acceptors (Lipinski definition) is 4. The van der Waals surface area contributed by atoms with E-state index in [1.807, 2.05) is 0 Å². The zero-order chi connectivity index (χ0) is 11.6. The molecule has 0 spiro atoms. The molecule has 0 saturated heterocycles. The van der Waals surface area contributed by atoms with Crippen LogP contribution < -0.4 is 0 Å². The Labute approximate surface area is 91.0 Å². The molecule has 0 atom stereocenters. The molecule has 0 aromatic carbocycles. The van der Waals surface area contributed by atoms with Gasteiger partial charge in [0.15, 0.2) is 4.60 Å². The number of nitro groups is 1. The number of rotatable bonds is 3. The number of nitrogens with zero attached hydrogens (tertiary/aromatic N) is 2. The highest BCUT2D eigenvalue weighted by atomic mass is 79.9. The van der Waals surface area contributed by atoms with Crippen LogP contribution >= 0.6 is 15.9 Å². The van der Waals surface area contributed by atoms with Gasteiger partial charge in [-0.25, -0.2) is 13.8 Å². The summed E-state index contributed by atoms with van der Waals surface area (Å²) in [7, 11) is 0.